The monoisotopic (exact) mass is 263 g/mol. The Balaban J connectivity index is 3.35. The highest BCUT2D eigenvalue weighted by Crippen LogP contribution is 2.33. The van der Waals surface area contributed by atoms with Gasteiger partial charge in [0.05, 0.1) is 12.1 Å². The lowest BCUT2D eigenvalue weighted by atomic mass is 10.1. The highest BCUT2D eigenvalue weighted by molar-refractivity contribution is 6.32. The molecule has 6 nitrogen and oxygen atoms in total. The van der Waals surface area contributed by atoms with Crippen LogP contribution in [0.25, 0.3) is 4.85 Å². The Hall–Kier alpha value is -2.31. The van der Waals surface area contributed by atoms with Gasteiger partial charge < -0.3 is 11.1 Å². The second-order valence-corrected chi connectivity index (χ2v) is 3.95. The van der Waals surface area contributed by atoms with Crippen LogP contribution in [0.4, 0.5) is 11.5 Å². The first-order valence-corrected chi connectivity index (χ1v) is 5.33. The van der Waals surface area contributed by atoms with Gasteiger partial charge in [-0.15, -0.1) is 0 Å². The number of nitriles is 1. The fourth-order valence-electron chi connectivity index (χ4n) is 1.31. The average molecular weight is 264 g/mol. The Morgan fingerprint density at radius 3 is 2.78 bits per heavy atom. The van der Waals surface area contributed by atoms with Crippen molar-refractivity contribution in [2.45, 2.75) is 19.9 Å². The smallest absolute Gasteiger partial charge is 0.239 e. The summed E-state index contributed by atoms with van der Waals surface area (Å²) in [4.78, 5) is 18.1. The number of nitrogens with two attached hydrogens (primary N) is 1. The maximum atomic E-state index is 11.0. The largest absolute Gasteiger partial charge is 0.368 e. The van der Waals surface area contributed by atoms with Crippen molar-refractivity contribution in [3.8, 4) is 6.07 Å². The summed E-state index contributed by atoms with van der Waals surface area (Å²) < 4.78 is 0. The molecular weight excluding hydrogens is 254 g/mol. The van der Waals surface area contributed by atoms with Crippen molar-refractivity contribution < 1.29 is 4.79 Å². The second-order valence-electron chi connectivity index (χ2n) is 3.59. The number of hydrogen-bond donors (Lipinski definition) is 2. The van der Waals surface area contributed by atoms with E-state index >= 15 is 0 Å². The molecule has 0 radical (unpaired) electrons. The first kappa shape index (κ1) is 13.8. The van der Waals surface area contributed by atoms with Gasteiger partial charge in [0, 0.05) is 0 Å². The van der Waals surface area contributed by atoms with E-state index in [1.807, 2.05) is 6.07 Å². The minimum atomic E-state index is -0.696. The molecule has 0 aliphatic rings. The van der Waals surface area contributed by atoms with Gasteiger partial charge >= 0.3 is 0 Å². The predicted octanol–water partition coefficient (Wildman–Crippen LogP) is 1.75. The zero-order chi connectivity index (χ0) is 13.9. The molecule has 0 fully saturated rings. The van der Waals surface area contributed by atoms with E-state index in [9.17, 15) is 4.79 Å². The van der Waals surface area contributed by atoms with E-state index in [4.69, 9.17) is 29.2 Å². The topological polar surface area (TPSA) is 96.2 Å². The van der Waals surface area contributed by atoms with Gasteiger partial charge in [-0.2, -0.15) is 5.26 Å². The molecule has 92 valence electrons. The molecular formula is C11H10ClN5O. The van der Waals surface area contributed by atoms with Crippen molar-refractivity contribution in [1.29, 1.82) is 5.26 Å². The number of carbonyl (C=O) groups is 1. The average Bonchev–Trinajstić information content (AvgIpc) is 2.29. The van der Waals surface area contributed by atoms with Gasteiger partial charge in [-0.05, 0) is 19.4 Å². The molecule has 0 aliphatic heterocycles. The number of amides is 1. The molecule has 0 saturated carbocycles. The molecule has 1 heterocycles. The maximum absolute atomic E-state index is 11.0. The number of halogens is 1. The van der Waals surface area contributed by atoms with E-state index in [2.05, 4.69) is 15.1 Å². The van der Waals surface area contributed by atoms with Crippen LogP contribution in [-0.2, 0) is 4.79 Å². The summed E-state index contributed by atoms with van der Waals surface area (Å²) in [5, 5.41) is 11.8. The number of anilines is 1. The third-order valence-corrected chi connectivity index (χ3v) is 2.64. The van der Waals surface area contributed by atoms with E-state index in [0.29, 0.717) is 5.56 Å². The zero-order valence-electron chi connectivity index (χ0n) is 9.78. The van der Waals surface area contributed by atoms with Crippen LogP contribution >= 0.6 is 11.6 Å². The first-order valence-electron chi connectivity index (χ1n) is 4.95. The fraction of sp³-hybridized carbons (Fsp3) is 0.273. The molecule has 1 atom stereocenters. The third-order valence-electron chi connectivity index (χ3n) is 2.38. The molecule has 0 spiro atoms. The molecule has 0 aliphatic carbocycles. The summed E-state index contributed by atoms with van der Waals surface area (Å²) in [5.74, 6) is -0.428. The lowest BCUT2D eigenvalue weighted by Gasteiger charge is -2.14. The normalized spacial score (nSPS) is 11.2. The van der Waals surface area contributed by atoms with Crippen LogP contribution in [0.1, 0.15) is 18.1 Å². The Morgan fingerprint density at radius 1 is 1.72 bits per heavy atom. The number of nitrogens with zero attached hydrogens (tertiary/aromatic N) is 3. The molecule has 0 saturated heterocycles. The van der Waals surface area contributed by atoms with Gasteiger partial charge in [0.25, 0.3) is 0 Å². The van der Waals surface area contributed by atoms with Gasteiger partial charge in [0.2, 0.25) is 11.6 Å². The number of rotatable bonds is 3. The molecule has 1 amide bonds. The van der Waals surface area contributed by atoms with Crippen molar-refractivity contribution in [3.63, 3.8) is 0 Å². The van der Waals surface area contributed by atoms with Crippen molar-refractivity contribution in [1.82, 2.24) is 4.98 Å². The van der Waals surface area contributed by atoms with Crippen LogP contribution in [0.3, 0.4) is 0 Å². The highest BCUT2D eigenvalue weighted by Gasteiger charge is 2.18. The zero-order valence-corrected chi connectivity index (χ0v) is 10.5. The summed E-state index contributed by atoms with van der Waals surface area (Å²) in [6.45, 7) is 10.1. The van der Waals surface area contributed by atoms with Crippen molar-refractivity contribution >= 4 is 29.0 Å². The Morgan fingerprint density at radius 2 is 2.33 bits per heavy atom. The van der Waals surface area contributed by atoms with Crippen LogP contribution in [0.5, 0.6) is 0 Å². The molecule has 18 heavy (non-hydrogen) atoms. The van der Waals surface area contributed by atoms with E-state index in [0.717, 1.165) is 0 Å². The Kier molecular flexibility index (Phi) is 4.09. The summed E-state index contributed by atoms with van der Waals surface area (Å²) in [6, 6.07) is 1.24. The molecule has 1 unspecified atom stereocenters. The summed E-state index contributed by atoms with van der Waals surface area (Å²) in [5.41, 5.74) is 5.85. The fourth-order valence-corrected chi connectivity index (χ4v) is 1.57. The van der Waals surface area contributed by atoms with Gasteiger partial charge in [0.15, 0.2) is 0 Å². The van der Waals surface area contributed by atoms with Crippen LogP contribution in [0, 0.1) is 24.8 Å². The Labute approximate surface area is 109 Å². The van der Waals surface area contributed by atoms with Gasteiger partial charge in [-0.3, -0.25) is 4.79 Å². The predicted molar refractivity (Wildman–Crippen MR) is 67.2 cm³/mol. The van der Waals surface area contributed by atoms with Gasteiger partial charge in [-0.25, -0.2) is 9.83 Å². The summed E-state index contributed by atoms with van der Waals surface area (Å²) in [6.07, 6.45) is 0. The number of nitrogens with one attached hydrogen (secondary N) is 1. The van der Waals surface area contributed by atoms with E-state index in [1.165, 1.54) is 6.92 Å². The number of aromatic nitrogens is 1. The van der Waals surface area contributed by atoms with Crippen molar-refractivity contribution in [2.75, 3.05) is 5.32 Å². The number of primary amides is 1. The summed E-state index contributed by atoms with van der Waals surface area (Å²) >= 11 is 5.84. The van der Waals surface area contributed by atoms with Crippen LogP contribution in [0.2, 0.25) is 5.15 Å². The molecule has 1 aromatic heterocycles. The van der Waals surface area contributed by atoms with Crippen LogP contribution in [0.15, 0.2) is 0 Å². The van der Waals surface area contributed by atoms with E-state index in [1.54, 1.807) is 6.92 Å². The lowest BCUT2D eigenvalue weighted by Crippen LogP contribution is -2.33. The van der Waals surface area contributed by atoms with Crippen molar-refractivity contribution in [2.24, 2.45) is 5.73 Å². The molecule has 3 N–H and O–H groups in total. The van der Waals surface area contributed by atoms with Gasteiger partial charge in [0.1, 0.15) is 23.1 Å². The summed E-state index contributed by atoms with van der Waals surface area (Å²) in [7, 11) is 0. The number of carbonyl (C=O) groups excluding carboxylic acids is 1. The lowest BCUT2D eigenvalue weighted by molar-refractivity contribution is -0.118. The standard InChI is InChI=1S/C11H10ClN5O/c1-5-7(4-13)11(16-6(2)10(14)18)17-9(12)8(5)15-3/h6H,1-2H3,(H2,14,18)(H,16,17). The highest BCUT2D eigenvalue weighted by atomic mass is 35.5. The third kappa shape index (κ3) is 2.50. The van der Waals surface area contributed by atoms with Crippen LogP contribution < -0.4 is 11.1 Å². The van der Waals surface area contributed by atoms with Crippen LogP contribution in [-0.4, -0.2) is 16.9 Å². The quantitative estimate of drug-likeness (QED) is 0.641. The minimum absolute atomic E-state index is 0.0133. The van der Waals surface area contributed by atoms with E-state index < -0.39 is 11.9 Å². The number of pyridine rings is 1. The SMILES string of the molecule is [C-]#[N+]c1c(Cl)nc(NC(C)C(N)=O)c(C#N)c1C. The maximum Gasteiger partial charge on any atom is 0.239 e. The number of hydrogen-bond acceptors (Lipinski definition) is 4. The molecule has 0 aromatic carbocycles. The molecule has 0 bridgehead atoms. The minimum Gasteiger partial charge on any atom is -0.368 e. The van der Waals surface area contributed by atoms with Crippen molar-refractivity contribution in [3.05, 3.63) is 27.7 Å². The molecule has 7 heteroatoms. The molecule has 1 aromatic rings. The first-order chi connectivity index (χ1) is 8.42. The Bertz CT molecular complexity index is 585. The second kappa shape index (κ2) is 5.35. The van der Waals surface area contributed by atoms with E-state index in [-0.39, 0.29) is 22.2 Å². The molecule has 1 rings (SSSR count). The van der Waals surface area contributed by atoms with Gasteiger partial charge in [-0.1, -0.05) is 11.6 Å².